The molecule has 102 valence electrons. The number of halogens is 1. The Morgan fingerprint density at radius 1 is 1.47 bits per heavy atom. The standard InChI is InChI=1S/C11H11ClN2O4S/c1-7-5-8(13-18-7)6-19(16,17)14-10-4-2-3-9(12)11(10)15/h2-5,14-15H,6H2,1H3. The molecule has 0 saturated heterocycles. The maximum atomic E-state index is 11.9. The van der Waals surface area contributed by atoms with Crippen molar-refractivity contribution in [3.8, 4) is 5.75 Å². The number of benzene rings is 1. The number of phenolic OH excluding ortho intramolecular Hbond substituents is 1. The Morgan fingerprint density at radius 3 is 2.84 bits per heavy atom. The van der Waals surface area contributed by atoms with Gasteiger partial charge in [-0.1, -0.05) is 22.8 Å². The van der Waals surface area contributed by atoms with Gasteiger partial charge in [0.2, 0.25) is 10.0 Å². The highest BCUT2D eigenvalue weighted by Crippen LogP contribution is 2.32. The predicted octanol–water partition coefficient (Wildman–Crippen LogP) is 2.28. The summed E-state index contributed by atoms with van der Waals surface area (Å²) >= 11 is 5.69. The van der Waals surface area contributed by atoms with Crippen LogP contribution in [0.25, 0.3) is 0 Å². The fourth-order valence-electron chi connectivity index (χ4n) is 1.48. The van der Waals surface area contributed by atoms with E-state index in [2.05, 4.69) is 9.88 Å². The quantitative estimate of drug-likeness (QED) is 0.845. The minimum absolute atomic E-state index is 0.0210. The monoisotopic (exact) mass is 302 g/mol. The van der Waals surface area contributed by atoms with Crippen molar-refractivity contribution in [3.63, 3.8) is 0 Å². The van der Waals surface area contributed by atoms with Gasteiger partial charge in [0.1, 0.15) is 17.2 Å². The Balaban J connectivity index is 2.19. The van der Waals surface area contributed by atoms with Crippen LogP contribution in [0.4, 0.5) is 5.69 Å². The van der Waals surface area contributed by atoms with Gasteiger partial charge in [-0.15, -0.1) is 0 Å². The van der Waals surface area contributed by atoms with Gasteiger partial charge in [0.05, 0.1) is 10.7 Å². The minimum atomic E-state index is -3.70. The predicted molar refractivity (Wildman–Crippen MR) is 70.6 cm³/mol. The van der Waals surface area contributed by atoms with Crippen LogP contribution >= 0.6 is 11.6 Å². The van der Waals surface area contributed by atoms with Crippen LogP contribution < -0.4 is 4.72 Å². The number of nitrogens with one attached hydrogen (secondary N) is 1. The van der Waals surface area contributed by atoms with Gasteiger partial charge in [-0.05, 0) is 19.1 Å². The highest BCUT2D eigenvalue weighted by molar-refractivity contribution is 7.91. The summed E-state index contributed by atoms with van der Waals surface area (Å²) in [6.45, 7) is 1.67. The van der Waals surface area contributed by atoms with Crippen molar-refractivity contribution < 1.29 is 18.0 Å². The van der Waals surface area contributed by atoms with Gasteiger partial charge in [-0.3, -0.25) is 4.72 Å². The molecule has 1 aromatic heterocycles. The van der Waals surface area contributed by atoms with E-state index in [1.807, 2.05) is 0 Å². The van der Waals surface area contributed by atoms with Crippen molar-refractivity contribution in [2.45, 2.75) is 12.7 Å². The molecule has 0 saturated carbocycles. The number of hydrogen-bond acceptors (Lipinski definition) is 5. The molecule has 0 bridgehead atoms. The largest absolute Gasteiger partial charge is 0.504 e. The lowest BCUT2D eigenvalue weighted by atomic mass is 10.3. The first-order valence-corrected chi connectivity index (χ1v) is 7.30. The number of aromatic nitrogens is 1. The number of rotatable bonds is 4. The van der Waals surface area contributed by atoms with Crippen LogP contribution in [0.1, 0.15) is 11.5 Å². The summed E-state index contributed by atoms with van der Waals surface area (Å²) in [4.78, 5) is 0. The summed E-state index contributed by atoms with van der Waals surface area (Å²) in [5.74, 6) is -0.143. The van der Waals surface area contributed by atoms with E-state index in [4.69, 9.17) is 16.1 Å². The van der Waals surface area contributed by atoms with Crippen molar-refractivity contribution in [1.29, 1.82) is 0 Å². The average molecular weight is 303 g/mol. The Hall–Kier alpha value is -1.73. The van der Waals surface area contributed by atoms with E-state index in [1.54, 1.807) is 6.92 Å². The van der Waals surface area contributed by atoms with E-state index in [-0.39, 0.29) is 27.9 Å². The van der Waals surface area contributed by atoms with Gasteiger partial charge in [0.25, 0.3) is 0 Å². The topological polar surface area (TPSA) is 92.4 Å². The van der Waals surface area contributed by atoms with E-state index < -0.39 is 10.0 Å². The maximum Gasteiger partial charge on any atom is 0.238 e. The summed E-state index contributed by atoms with van der Waals surface area (Å²) in [7, 11) is -3.70. The summed E-state index contributed by atoms with van der Waals surface area (Å²) < 4.78 is 30.8. The molecule has 0 aliphatic heterocycles. The summed E-state index contributed by atoms with van der Waals surface area (Å²) in [5, 5.41) is 13.3. The molecule has 0 atom stereocenters. The lowest BCUT2D eigenvalue weighted by Crippen LogP contribution is -2.15. The Bertz CT molecular complexity index is 696. The van der Waals surface area contributed by atoms with E-state index >= 15 is 0 Å². The van der Waals surface area contributed by atoms with Crippen LogP contribution in [-0.2, 0) is 15.8 Å². The normalized spacial score (nSPS) is 11.5. The fourth-order valence-corrected chi connectivity index (χ4v) is 2.75. The van der Waals surface area contributed by atoms with Gasteiger partial charge in [-0.2, -0.15) is 0 Å². The molecular weight excluding hydrogens is 292 g/mol. The third-order valence-corrected chi connectivity index (χ3v) is 3.78. The van der Waals surface area contributed by atoms with Crippen molar-refractivity contribution in [2.75, 3.05) is 4.72 Å². The molecule has 0 aliphatic carbocycles. The molecule has 19 heavy (non-hydrogen) atoms. The second-order valence-corrected chi connectivity index (χ2v) is 6.06. The number of aryl methyl sites for hydroxylation is 1. The van der Waals surface area contributed by atoms with Crippen LogP contribution in [0.5, 0.6) is 5.75 Å². The molecule has 0 spiro atoms. The van der Waals surface area contributed by atoms with Crippen molar-refractivity contribution in [2.24, 2.45) is 0 Å². The minimum Gasteiger partial charge on any atom is -0.504 e. The Kier molecular flexibility index (Phi) is 3.68. The highest BCUT2D eigenvalue weighted by atomic mass is 35.5. The number of phenols is 1. The third-order valence-electron chi connectivity index (χ3n) is 2.27. The summed E-state index contributed by atoms with van der Waals surface area (Å²) in [5.41, 5.74) is 0.305. The van der Waals surface area contributed by atoms with Gasteiger partial charge < -0.3 is 9.63 Å². The average Bonchev–Trinajstić information content (AvgIpc) is 2.69. The van der Waals surface area contributed by atoms with Crippen molar-refractivity contribution >= 4 is 27.3 Å². The second kappa shape index (κ2) is 5.10. The molecule has 2 aromatic rings. The van der Waals surface area contributed by atoms with Crippen molar-refractivity contribution in [3.05, 3.63) is 40.7 Å². The Labute approximate surface area is 115 Å². The van der Waals surface area contributed by atoms with Crippen LogP contribution in [0.3, 0.4) is 0 Å². The van der Waals surface area contributed by atoms with Crippen LogP contribution in [0, 0.1) is 6.92 Å². The first-order valence-electron chi connectivity index (χ1n) is 5.27. The molecule has 0 radical (unpaired) electrons. The van der Waals surface area contributed by atoms with Crippen LogP contribution in [-0.4, -0.2) is 18.7 Å². The highest BCUT2D eigenvalue weighted by Gasteiger charge is 2.17. The Morgan fingerprint density at radius 2 is 2.21 bits per heavy atom. The number of nitrogens with zero attached hydrogens (tertiary/aromatic N) is 1. The maximum absolute atomic E-state index is 11.9. The lowest BCUT2D eigenvalue weighted by Gasteiger charge is -2.09. The molecule has 0 fully saturated rings. The molecule has 0 amide bonds. The molecule has 6 nitrogen and oxygen atoms in total. The smallest absolute Gasteiger partial charge is 0.238 e. The summed E-state index contributed by atoms with van der Waals surface area (Å²) in [6.07, 6.45) is 0. The number of para-hydroxylation sites is 1. The van der Waals surface area contributed by atoms with Crippen LogP contribution in [0.2, 0.25) is 5.02 Å². The molecule has 0 aliphatic rings. The molecule has 1 heterocycles. The van der Waals surface area contributed by atoms with Gasteiger partial charge in [-0.25, -0.2) is 8.42 Å². The zero-order valence-electron chi connectivity index (χ0n) is 9.92. The second-order valence-electron chi connectivity index (χ2n) is 3.93. The van der Waals surface area contributed by atoms with Crippen LogP contribution in [0.15, 0.2) is 28.8 Å². The number of aromatic hydroxyl groups is 1. The van der Waals surface area contributed by atoms with E-state index in [9.17, 15) is 13.5 Å². The molecule has 8 heteroatoms. The van der Waals surface area contributed by atoms with E-state index in [1.165, 1.54) is 24.3 Å². The van der Waals surface area contributed by atoms with E-state index in [0.717, 1.165) is 0 Å². The number of sulfonamides is 1. The zero-order valence-corrected chi connectivity index (χ0v) is 11.5. The first-order chi connectivity index (χ1) is 8.87. The molecule has 2 rings (SSSR count). The van der Waals surface area contributed by atoms with E-state index in [0.29, 0.717) is 5.76 Å². The van der Waals surface area contributed by atoms with Gasteiger partial charge in [0, 0.05) is 6.07 Å². The molecule has 0 unspecified atom stereocenters. The molecule has 1 aromatic carbocycles. The fraction of sp³-hybridized carbons (Fsp3) is 0.182. The summed E-state index contributed by atoms with van der Waals surface area (Å²) in [6, 6.07) is 5.92. The van der Waals surface area contributed by atoms with Gasteiger partial charge in [0.15, 0.2) is 5.75 Å². The molecule has 2 N–H and O–H groups in total. The third kappa shape index (κ3) is 3.39. The molecular formula is C11H11ClN2O4S. The van der Waals surface area contributed by atoms with Crippen molar-refractivity contribution in [1.82, 2.24) is 5.16 Å². The van der Waals surface area contributed by atoms with Gasteiger partial charge >= 0.3 is 0 Å². The lowest BCUT2D eigenvalue weighted by molar-refractivity contribution is 0.392. The SMILES string of the molecule is Cc1cc(CS(=O)(=O)Nc2cccc(Cl)c2O)no1. The zero-order chi connectivity index (χ0) is 14.0. The number of anilines is 1. The first kappa shape index (κ1) is 13.7. The number of hydrogen-bond donors (Lipinski definition) is 2.